The smallest absolute Gasteiger partial charge is 0.381 e. The number of aromatic nitrogens is 1. The van der Waals surface area contributed by atoms with Crippen LogP contribution in [0.3, 0.4) is 0 Å². The second-order valence-corrected chi connectivity index (χ2v) is 12.9. The first-order valence-electron chi connectivity index (χ1n) is 16.9. The largest absolute Gasteiger partial charge is 0.416 e. The predicted molar refractivity (Wildman–Crippen MR) is 185 cm³/mol. The van der Waals surface area contributed by atoms with Crippen LogP contribution < -0.4 is 15.8 Å². The molecule has 6 rings (SSSR count). The molecular weight excluding hydrogens is 633 g/mol. The van der Waals surface area contributed by atoms with Gasteiger partial charge in [0.05, 0.1) is 18.8 Å². The maximum absolute atomic E-state index is 14.0. The maximum atomic E-state index is 14.0. The van der Waals surface area contributed by atoms with Gasteiger partial charge in [-0.3, -0.25) is 14.5 Å². The van der Waals surface area contributed by atoms with E-state index in [4.69, 9.17) is 9.47 Å². The van der Waals surface area contributed by atoms with Crippen molar-refractivity contribution in [2.24, 2.45) is 0 Å². The van der Waals surface area contributed by atoms with Crippen LogP contribution in [0.25, 0.3) is 21.9 Å². The van der Waals surface area contributed by atoms with Crippen molar-refractivity contribution in [3.05, 3.63) is 98.5 Å². The number of pyridine rings is 1. The van der Waals surface area contributed by atoms with E-state index in [-0.39, 0.29) is 29.4 Å². The van der Waals surface area contributed by atoms with Crippen molar-refractivity contribution in [2.45, 2.75) is 58.9 Å². The highest BCUT2D eigenvalue weighted by molar-refractivity contribution is 5.99. The Kier molecular flexibility index (Phi) is 10.4. The van der Waals surface area contributed by atoms with Gasteiger partial charge in [0.15, 0.2) is 0 Å². The number of morpholine rings is 1. The number of carbonyl (C=O) groups excluding carboxylic acids is 1. The molecular formula is C38H43F3N4O4. The molecule has 0 aliphatic carbocycles. The Hall–Kier alpha value is -4.19. The molecule has 3 heterocycles. The summed E-state index contributed by atoms with van der Waals surface area (Å²) in [6, 6.07) is 16.0. The van der Waals surface area contributed by atoms with E-state index < -0.39 is 17.3 Å². The van der Waals surface area contributed by atoms with Crippen LogP contribution in [-0.4, -0.2) is 67.9 Å². The molecule has 1 amide bonds. The molecule has 4 aromatic rings. The number of nitrogens with zero attached hydrogens (tertiary/aromatic N) is 2. The first-order chi connectivity index (χ1) is 23.5. The normalized spacial score (nSPS) is 16.2. The van der Waals surface area contributed by atoms with Gasteiger partial charge in [-0.05, 0) is 85.5 Å². The van der Waals surface area contributed by atoms with Crippen LogP contribution in [0, 0.1) is 13.8 Å². The van der Waals surface area contributed by atoms with Gasteiger partial charge in [-0.2, -0.15) is 13.2 Å². The number of halogens is 3. The lowest BCUT2D eigenvalue weighted by molar-refractivity contribution is -0.137. The molecule has 49 heavy (non-hydrogen) atoms. The minimum absolute atomic E-state index is 0.150. The third-order valence-electron chi connectivity index (χ3n) is 9.78. The van der Waals surface area contributed by atoms with Crippen LogP contribution in [0.4, 0.5) is 18.9 Å². The minimum atomic E-state index is -4.52. The highest BCUT2D eigenvalue weighted by Crippen LogP contribution is 2.35. The van der Waals surface area contributed by atoms with Crippen molar-refractivity contribution in [1.82, 2.24) is 15.2 Å². The molecule has 2 fully saturated rings. The summed E-state index contributed by atoms with van der Waals surface area (Å²) >= 11 is 0. The number of nitrogens with one attached hydrogen (secondary N) is 2. The molecule has 0 unspecified atom stereocenters. The lowest BCUT2D eigenvalue weighted by Crippen LogP contribution is -2.40. The predicted octanol–water partition coefficient (Wildman–Crippen LogP) is 6.60. The van der Waals surface area contributed by atoms with Crippen molar-refractivity contribution in [3.8, 4) is 11.1 Å². The van der Waals surface area contributed by atoms with Gasteiger partial charge < -0.3 is 24.7 Å². The summed E-state index contributed by atoms with van der Waals surface area (Å²) in [4.78, 5) is 34.4. The van der Waals surface area contributed by atoms with Gasteiger partial charge in [0, 0.05) is 79.9 Å². The van der Waals surface area contributed by atoms with Gasteiger partial charge in [-0.25, -0.2) is 0 Å². The Bertz CT molecular complexity index is 1860. The van der Waals surface area contributed by atoms with Crippen molar-refractivity contribution >= 4 is 22.4 Å². The fourth-order valence-electron chi connectivity index (χ4n) is 7.01. The fourth-order valence-corrected chi connectivity index (χ4v) is 7.01. The number of benzene rings is 3. The second kappa shape index (κ2) is 14.7. The van der Waals surface area contributed by atoms with E-state index in [1.54, 1.807) is 6.92 Å². The van der Waals surface area contributed by atoms with Crippen LogP contribution in [0.1, 0.15) is 58.1 Å². The number of hydrogen-bond donors (Lipinski definition) is 2. The molecule has 2 saturated heterocycles. The molecule has 0 atom stereocenters. The summed E-state index contributed by atoms with van der Waals surface area (Å²) in [5.41, 5.74) is 4.60. The van der Waals surface area contributed by atoms with Gasteiger partial charge in [0.2, 0.25) is 0 Å². The zero-order valence-corrected chi connectivity index (χ0v) is 28.2. The van der Waals surface area contributed by atoms with Gasteiger partial charge >= 0.3 is 6.18 Å². The van der Waals surface area contributed by atoms with Crippen LogP contribution in [0.5, 0.6) is 0 Å². The summed E-state index contributed by atoms with van der Waals surface area (Å²) in [7, 11) is 0. The Morgan fingerprint density at radius 3 is 2.31 bits per heavy atom. The summed E-state index contributed by atoms with van der Waals surface area (Å²) < 4.78 is 51.5. The number of aryl methyl sites for hydroxylation is 1. The molecule has 0 saturated carbocycles. The van der Waals surface area contributed by atoms with Crippen LogP contribution in [0.15, 0.2) is 59.4 Å². The number of alkyl halides is 3. The second-order valence-electron chi connectivity index (χ2n) is 12.9. The highest BCUT2D eigenvalue weighted by Gasteiger charge is 2.31. The number of fused-ring (bicyclic) bond motifs is 1. The van der Waals surface area contributed by atoms with Gasteiger partial charge in [0.1, 0.15) is 0 Å². The van der Waals surface area contributed by atoms with E-state index in [0.29, 0.717) is 29.9 Å². The van der Waals surface area contributed by atoms with E-state index >= 15 is 0 Å². The zero-order valence-electron chi connectivity index (χ0n) is 28.2. The fraction of sp³-hybridized carbons (Fsp3) is 0.421. The number of hydrogen-bond acceptors (Lipinski definition) is 6. The van der Waals surface area contributed by atoms with Gasteiger partial charge in [-0.1, -0.05) is 30.3 Å². The molecule has 0 bridgehead atoms. The average molecular weight is 677 g/mol. The summed E-state index contributed by atoms with van der Waals surface area (Å²) in [6.45, 7) is 11.7. The average Bonchev–Trinajstić information content (AvgIpc) is 3.10. The van der Waals surface area contributed by atoms with E-state index in [1.807, 2.05) is 13.0 Å². The molecule has 0 spiro atoms. The van der Waals surface area contributed by atoms with Gasteiger partial charge in [0.25, 0.3) is 11.5 Å². The van der Waals surface area contributed by atoms with Crippen LogP contribution >= 0.6 is 0 Å². The van der Waals surface area contributed by atoms with Crippen molar-refractivity contribution < 1.29 is 27.4 Å². The van der Waals surface area contributed by atoms with E-state index in [0.717, 1.165) is 86.7 Å². The number of carbonyl (C=O) groups is 1. The highest BCUT2D eigenvalue weighted by atomic mass is 19.4. The number of aromatic amines is 1. The number of anilines is 1. The molecule has 2 N–H and O–H groups in total. The first kappa shape index (κ1) is 34.7. The lowest BCUT2D eigenvalue weighted by Gasteiger charge is -2.37. The quantitative estimate of drug-likeness (QED) is 0.208. The van der Waals surface area contributed by atoms with Crippen molar-refractivity contribution in [1.29, 1.82) is 0 Å². The molecule has 260 valence electrons. The third-order valence-corrected chi connectivity index (χ3v) is 9.78. The number of amides is 1. The van der Waals surface area contributed by atoms with Crippen molar-refractivity contribution in [3.63, 3.8) is 0 Å². The Morgan fingerprint density at radius 1 is 0.939 bits per heavy atom. The van der Waals surface area contributed by atoms with Crippen LogP contribution in [-0.2, 0) is 28.7 Å². The molecule has 1 aromatic heterocycles. The molecule has 2 aliphatic heterocycles. The standard InChI is InChI=1S/C38H43F3N4O4/c1-4-45(30-11-15-48-16-12-30)35-20-28(27-7-5-26(6-8-27)23-44-13-17-49-18-14-44)19-32(24(35)2)36(46)42-22-34-31-10-9-29(38(39,40)41)21-33(31)25(3)43-37(34)47/h5-10,19-21,30H,4,11-18,22-23H2,1-3H3,(H,42,46)(H,43,47). The molecule has 8 nitrogen and oxygen atoms in total. The molecule has 2 aliphatic rings. The number of H-pyrrole nitrogens is 1. The zero-order chi connectivity index (χ0) is 34.7. The first-order valence-corrected chi connectivity index (χ1v) is 16.9. The van der Waals surface area contributed by atoms with Crippen molar-refractivity contribution in [2.75, 3.05) is 51.0 Å². The third kappa shape index (κ3) is 7.69. The van der Waals surface area contributed by atoms with Crippen LogP contribution in [0.2, 0.25) is 0 Å². The summed E-state index contributed by atoms with van der Waals surface area (Å²) in [5, 5.41) is 3.57. The maximum Gasteiger partial charge on any atom is 0.416 e. The monoisotopic (exact) mass is 676 g/mol. The topological polar surface area (TPSA) is 86.9 Å². The minimum Gasteiger partial charge on any atom is -0.381 e. The van der Waals surface area contributed by atoms with E-state index in [9.17, 15) is 22.8 Å². The molecule has 3 aromatic carbocycles. The summed E-state index contributed by atoms with van der Waals surface area (Å²) in [6.07, 6.45) is -2.76. The summed E-state index contributed by atoms with van der Waals surface area (Å²) in [5.74, 6) is -0.368. The Morgan fingerprint density at radius 2 is 1.63 bits per heavy atom. The molecule has 11 heteroatoms. The van der Waals surface area contributed by atoms with E-state index in [1.165, 1.54) is 11.6 Å². The Labute approximate surface area is 284 Å². The lowest BCUT2D eigenvalue weighted by atomic mass is 9.94. The number of rotatable bonds is 9. The number of ether oxygens (including phenoxy) is 2. The Balaban J connectivity index is 1.33. The van der Waals surface area contributed by atoms with Gasteiger partial charge in [-0.15, -0.1) is 0 Å². The molecule has 0 radical (unpaired) electrons. The van der Waals surface area contributed by atoms with E-state index in [2.05, 4.69) is 57.4 Å². The SMILES string of the molecule is CCN(c1cc(-c2ccc(CN3CCOCC3)cc2)cc(C(=O)NCc2c(=O)[nH]c(C)c3cc(C(F)(F)F)ccc23)c1C)C1CCOCC1.